The van der Waals surface area contributed by atoms with E-state index in [0.717, 1.165) is 27.0 Å². The molecule has 2 aromatic rings. The molecule has 0 amide bonds. The summed E-state index contributed by atoms with van der Waals surface area (Å²) >= 11 is 3.50. The Morgan fingerprint density at radius 3 is 2.74 bits per heavy atom. The summed E-state index contributed by atoms with van der Waals surface area (Å²) in [6, 6.07) is 5.84. The Labute approximate surface area is 120 Å². The van der Waals surface area contributed by atoms with Gasteiger partial charge >= 0.3 is 0 Å². The molecule has 102 valence electrons. The summed E-state index contributed by atoms with van der Waals surface area (Å²) in [5, 5.41) is 4.22. The molecule has 0 bridgehead atoms. The summed E-state index contributed by atoms with van der Waals surface area (Å²) in [5.74, 6) is 6.53. The van der Waals surface area contributed by atoms with Gasteiger partial charge in [-0.3, -0.25) is 10.5 Å². The summed E-state index contributed by atoms with van der Waals surface area (Å²) in [7, 11) is 3.54. The van der Waals surface area contributed by atoms with Gasteiger partial charge in [-0.15, -0.1) is 0 Å². The zero-order chi connectivity index (χ0) is 14.0. The van der Waals surface area contributed by atoms with Crippen LogP contribution in [0.5, 0.6) is 5.75 Å². The normalized spacial score (nSPS) is 12.5. The number of nitrogens with zero attached hydrogens (tertiary/aromatic N) is 2. The summed E-state index contributed by atoms with van der Waals surface area (Å²) < 4.78 is 8.14. The number of ether oxygens (including phenoxy) is 1. The van der Waals surface area contributed by atoms with Crippen molar-refractivity contribution < 1.29 is 4.74 Å². The molecule has 1 aromatic heterocycles. The Balaban J connectivity index is 2.54. The zero-order valence-corrected chi connectivity index (χ0v) is 12.7. The van der Waals surface area contributed by atoms with Gasteiger partial charge in [0.05, 0.1) is 29.5 Å². The van der Waals surface area contributed by atoms with Gasteiger partial charge in [0.15, 0.2) is 0 Å². The van der Waals surface area contributed by atoms with E-state index in [1.165, 1.54) is 0 Å². The van der Waals surface area contributed by atoms with Crippen molar-refractivity contribution in [1.29, 1.82) is 0 Å². The van der Waals surface area contributed by atoms with Crippen molar-refractivity contribution in [1.82, 2.24) is 15.2 Å². The Bertz CT molecular complexity index is 563. The predicted molar refractivity (Wildman–Crippen MR) is 77.8 cm³/mol. The number of benzene rings is 1. The van der Waals surface area contributed by atoms with Crippen LogP contribution in [0.3, 0.4) is 0 Å². The standard InChI is InChI=1S/C13H17BrN4O/c1-8-4-5-9(11(6-8)19-3)12(17-15)13-10(14)7-16-18(13)2/h4-7,12,17H,15H2,1-3H3. The highest BCUT2D eigenvalue weighted by Gasteiger charge is 2.22. The molecule has 19 heavy (non-hydrogen) atoms. The van der Waals surface area contributed by atoms with E-state index in [0.29, 0.717) is 0 Å². The molecule has 1 atom stereocenters. The largest absolute Gasteiger partial charge is 0.496 e. The molecular formula is C13H17BrN4O. The summed E-state index contributed by atoms with van der Waals surface area (Å²) in [4.78, 5) is 0. The summed E-state index contributed by atoms with van der Waals surface area (Å²) in [5.41, 5.74) is 5.89. The van der Waals surface area contributed by atoms with Crippen molar-refractivity contribution in [3.63, 3.8) is 0 Å². The van der Waals surface area contributed by atoms with E-state index in [1.54, 1.807) is 18.0 Å². The van der Waals surface area contributed by atoms with E-state index in [2.05, 4.69) is 26.5 Å². The molecule has 3 N–H and O–H groups in total. The zero-order valence-electron chi connectivity index (χ0n) is 11.1. The number of aryl methyl sites for hydroxylation is 2. The second-order valence-corrected chi connectivity index (χ2v) is 5.20. The van der Waals surface area contributed by atoms with Gasteiger partial charge in [-0.05, 0) is 34.5 Å². The number of nitrogens with two attached hydrogens (primary N) is 1. The molecule has 6 heteroatoms. The Morgan fingerprint density at radius 1 is 1.47 bits per heavy atom. The van der Waals surface area contributed by atoms with Gasteiger partial charge < -0.3 is 4.74 Å². The lowest BCUT2D eigenvalue weighted by Crippen LogP contribution is -2.31. The molecule has 0 saturated heterocycles. The fourth-order valence-electron chi connectivity index (χ4n) is 2.12. The molecule has 0 aliphatic carbocycles. The smallest absolute Gasteiger partial charge is 0.124 e. The van der Waals surface area contributed by atoms with E-state index in [4.69, 9.17) is 10.6 Å². The van der Waals surface area contributed by atoms with Gasteiger partial charge in [0.1, 0.15) is 5.75 Å². The van der Waals surface area contributed by atoms with Gasteiger partial charge in [0.25, 0.3) is 0 Å². The number of nitrogens with one attached hydrogen (secondary N) is 1. The van der Waals surface area contributed by atoms with Crippen LogP contribution in [0, 0.1) is 6.92 Å². The maximum absolute atomic E-state index is 5.73. The first-order chi connectivity index (χ1) is 9.08. The molecule has 1 aromatic carbocycles. The lowest BCUT2D eigenvalue weighted by atomic mass is 10.0. The summed E-state index contributed by atoms with van der Waals surface area (Å²) in [6.07, 6.45) is 1.75. The first-order valence-corrected chi connectivity index (χ1v) is 6.65. The molecule has 0 radical (unpaired) electrons. The molecule has 0 aliphatic rings. The number of hydrogen-bond acceptors (Lipinski definition) is 4. The SMILES string of the molecule is COc1cc(C)ccc1C(NN)c1c(Br)cnn1C. The van der Waals surface area contributed by atoms with Gasteiger partial charge in [0, 0.05) is 12.6 Å². The first kappa shape index (κ1) is 14.0. The summed E-state index contributed by atoms with van der Waals surface area (Å²) in [6.45, 7) is 2.02. The maximum atomic E-state index is 5.73. The average Bonchev–Trinajstić information content (AvgIpc) is 2.73. The predicted octanol–water partition coefficient (Wildman–Crippen LogP) is 2.05. The third-order valence-corrected chi connectivity index (χ3v) is 3.69. The Hall–Kier alpha value is -1.37. The minimum atomic E-state index is -0.197. The highest BCUT2D eigenvalue weighted by molar-refractivity contribution is 9.10. The maximum Gasteiger partial charge on any atom is 0.124 e. The Kier molecular flexibility index (Phi) is 4.24. The molecular weight excluding hydrogens is 308 g/mol. The van der Waals surface area contributed by atoms with Gasteiger partial charge in [-0.2, -0.15) is 5.10 Å². The van der Waals surface area contributed by atoms with Crippen LogP contribution >= 0.6 is 15.9 Å². The topological polar surface area (TPSA) is 65.1 Å². The number of rotatable bonds is 4. The molecule has 1 unspecified atom stereocenters. The van der Waals surface area contributed by atoms with Crippen LogP contribution in [0.4, 0.5) is 0 Å². The van der Waals surface area contributed by atoms with Crippen molar-refractivity contribution in [2.75, 3.05) is 7.11 Å². The highest BCUT2D eigenvalue weighted by Crippen LogP contribution is 2.33. The van der Waals surface area contributed by atoms with E-state index in [-0.39, 0.29) is 6.04 Å². The van der Waals surface area contributed by atoms with Crippen molar-refractivity contribution in [3.8, 4) is 5.75 Å². The highest BCUT2D eigenvalue weighted by atomic mass is 79.9. The molecule has 0 fully saturated rings. The lowest BCUT2D eigenvalue weighted by Gasteiger charge is -2.20. The first-order valence-electron chi connectivity index (χ1n) is 5.86. The quantitative estimate of drug-likeness (QED) is 0.667. The molecule has 0 aliphatic heterocycles. The van der Waals surface area contributed by atoms with Gasteiger partial charge in [-0.1, -0.05) is 12.1 Å². The van der Waals surface area contributed by atoms with Crippen LogP contribution in [0.1, 0.15) is 22.9 Å². The van der Waals surface area contributed by atoms with Crippen molar-refractivity contribution in [2.24, 2.45) is 12.9 Å². The van der Waals surface area contributed by atoms with Crippen LogP contribution in [0.25, 0.3) is 0 Å². The molecule has 0 spiro atoms. The van der Waals surface area contributed by atoms with Crippen LogP contribution in [0.15, 0.2) is 28.9 Å². The van der Waals surface area contributed by atoms with Gasteiger partial charge in [-0.25, -0.2) is 5.43 Å². The van der Waals surface area contributed by atoms with E-state index >= 15 is 0 Å². The van der Waals surface area contributed by atoms with Crippen molar-refractivity contribution in [2.45, 2.75) is 13.0 Å². The second kappa shape index (κ2) is 5.73. The number of methoxy groups -OCH3 is 1. The van der Waals surface area contributed by atoms with Gasteiger partial charge in [0.2, 0.25) is 0 Å². The molecule has 2 rings (SSSR count). The van der Waals surface area contributed by atoms with Crippen LogP contribution in [-0.2, 0) is 7.05 Å². The number of hydrogen-bond donors (Lipinski definition) is 2. The second-order valence-electron chi connectivity index (χ2n) is 4.35. The van der Waals surface area contributed by atoms with Crippen molar-refractivity contribution >= 4 is 15.9 Å². The lowest BCUT2D eigenvalue weighted by molar-refractivity contribution is 0.402. The van der Waals surface area contributed by atoms with E-state index in [9.17, 15) is 0 Å². The van der Waals surface area contributed by atoms with E-state index in [1.807, 2.05) is 32.2 Å². The van der Waals surface area contributed by atoms with E-state index < -0.39 is 0 Å². The number of aromatic nitrogens is 2. The van der Waals surface area contributed by atoms with Crippen LogP contribution in [-0.4, -0.2) is 16.9 Å². The average molecular weight is 325 g/mol. The number of halogens is 1. The molecule has 1 heterocycles. The Morgan fingerprint density at radius 2 is 2.21 bits per heavy atom. The van der Waals surface area contributed by atoms with Crippen LogP contribution < -0.4 is 16.0 Å². The fraction of sp³-hybridized carbons (Fsp3) is 0.308. The van der Waals surface area contributed by atoms with Crippen molar-refractivity contribution in [3.05, 3.63) is 45.7 Å². The fourth-order valence-corrected chi connectivity index (χ4v) is 2.69. The third kappa shape index (κ3) is 2.65. The molecule has 0 saturated carbocycles. The minimum absolute atomic E-state index is 0.197. The van der Waals surface area contributed by atoms with Crippen LogP contribution in [0.2, 0.25) is 0 Å². The molecule has 5 nitrogen and oxygen atoms in total. The third-order valence-electron chi connectivity index (χ3n) is 3.08. The minimum Gasteiger partial charge on any atom is -0.496 e. The number of hydrazine groups is 1. The monoisotopic (exact) mass is 324 g/mol.